The van der Waals surface area contributed by atoms with Crippen LogP contribution in [-0.2, 0) is 19.1 Å². The molecule has 3 rings (SSSR count). The Morgan fingerprint density at radius 3 is 2.41 bits per heavy atom. The number of piperidine rings is 1. The molecule has 37 heavy (non-hydrogen) atoms. The first-order valence-electron chi connectivity index (χ1n) is 11.1. The standard InChI is InChI=1S/C20H26N4O6.C2HF3O2/c1-13(19(27)23-6-4-15(5-7-23)30-12-18(25)26)24-8-9-29-17-10-14(11-22-21)2-3-16(17)20(24)28;3-2(4,5)1(6)7/h2-3,10-11,13,15H,4-9,12,21H2,1H3,(H,25,26);(H,6,7)/t13-;/m0./s1. The molecule has 204 valence electrons. The Labute approximate surface area is 209 Å². The molecule has 4 N–H and O–H groups in total. The van der Waals surface area contributed by atoms with Gasteiger partial charge in [-0.3, -0.25) is 9.59 Å². The Morgan fingerprint density at radius 2 is 1.86 bits per heavy atom. The van der Waals surface area contributed by atoms with Gasteiger partial charge in [0.15, 0.2) is 0 Å². The van der Waals surface area contributed by atoms with Crippen LogP contribution in [0.15, 0.2) is 23.3 Å². The molecule has 0 aromatic heterocycles. The normalized spacial score (nSPS) is 17.2. The number of ether oxygens (including phenoxy) is 2. The van der Waals surface area contributed by atoms with Gasteiger partial charge in [0.1, 0.15) is 25.0 Å². The van der Waals surface area contributed by atoms with E-state index in [2.05, 4.69) is 5.10 Å². The molecule has 0 spiro atoms. The fourth-order valence-electron chi connectivity index (χ4n) is 3.71. The predicted molar refractivity (Wildman–Crippen MR) is 121 cm³/mol. The minimum atomic E-state index is -5.08. The first-order chi connectivity index (χ1) is 17.3. The molecule has 0 saturated carbocycles. The number of rotatable bonds is 6. The number of amides is 2. The van der Waals surface area contributed by atoms with E-state index in [0.717, 1.165) is 5.56 Å². The summed E-state index contributed by atoms with van der Waals surface area (Å²) >= 11 is 0. The lowest BCUT2D eigenvalue weighted by Gasteiger charge is -2.36. The Hall–Kier alpha value is -3.88. The Balaban J connectivity index is 0.000000604. The average molecular weight is 532 g/mol. The zero-order valence-corrected chi connectivity index (χ0v) is 19.8. The van der Waals surface area contributed by atoms with Crippen LogP contribution in [0, 0.1) is 0 Å². The lowest BCUT2D eigenvalue weighted by molar-refractivity contribution is -0.192. The van der Waals surface area contributed by atoms with E-state index in [-0.39, 0.29) is 31.1 Å². The van der Waals surface area contributed by atoms with E-state index in [1.165, 1.54) is 11.1 Å². The van der Waals surface area contributed by atoms with Crippen molar-refractivity contribution in [2.45, 2.75) is 38.1 Å². The highest BCUT2D eigenvalue weighted by Crippen LogP contribution is 2.26. The number of carboxylic acid groups (broad SMARTS) is 2. The SMILES string of the molecule is C[C@@H](C(=O)N1CCC(OCC(=O)O)CC1)N1CCOc2cc(C=NN)ccc2C1=O.O=C(O)C(F)(F)F. The zero-order chi connectivity index (χ0) is 27.8. The van der Waals surface area contributed by atoms with Crippen molar-refractivity contribution in [1.82, 2.24) is 9.80 Å². The summed E-state index contributed by atoms with van der Waals surface area (Å²) in [5, 5.41) is 19.3. The van der Waals surface area contributed by atoms with Gasteiger partial charge in [0.2, 0.25) is 5.91 Å². The third-order valence-electron chi connectivity index (χ3n) is 5.57. The quantitative estimate of drug-likeness (QED) is 0.274. The molecule has 0 aliphatic carbocycles. The molecule has 12 nitrogen and oxygen atoms in total. The molecule has 0 radical (unpaired) electrons. The molecule has 0 unspecified atom stereocenters. The van der Waals surface area contributed by atoms with Crippen LogP contribution in [0.3, 0.4) is 0 Å². The van der Waals surface area contributed by atoms with Gasteiger partial charge in [0, 0.05) is 13.1 Å². The van der Waals surface area contributed by atoms with E-state index >= 15 is 0 Å². The van der Waals surface area contributed by atoms with Crippen LogP contribution in [0.4, 0.5) is 13.2 Å². The van der Waals surface area contributed by atoms with Crippen molar-refractivity contribution in [3.05, 3.63) is 29.3 Å². The van der Waals surface area contributed by atoms with Gasteiger partial charge in [-0.15, -0.1) is 0 Å². The summed E-state index contributed by atoms with van der Waals surface area (Å²) in [5.41, 5.74) is 1.11. The monoisotopic (exact) mass is 532 g/mol. The highest BCUT2D eigenvalue weighted by atomic mass is 19.4. The molecule has 1 aromatic carbocycles. The number of likely N-dealkylation sites (tertiary alicyclic amines) is 1. The lowest BCUT2D eigenvalue weighted by Crippen LogP contribution is -2.52. The zero-order valence-electron chi connectivity index (χ0n) is 19.8. The van der Waals surface area contributed by atoms with Gasteiger partial charge in [0.25, 0.3) is 5.91 Å². The first kappa shape index (κ1) is 29.4. The Morgan fingerprint density at radius 1 is 1.24 bits per heavy atom. The van der Waals surface area contributed by atoms with Crippen LogP contribution in [0.5, 0.6) is 5.75 Å². The predicted octanol–water partition coefficient (Wildman–Crippen LogP) is 0.928. The van der Waals surface area contributed by atoms with Crippen LogP contribution in [0.2, 0.25) is 0 Å². The van der Waals surface area contributed by atoms with Crippen LogP contribution in [0.1, 0.15) is 35.7 Å². The molecule has 0 bridgehead atoms. The van der Waals surface area contributed by atoms with Crippen LogP contribution >= 0.6 is 0 Å². The van der Waals surface area contributed by atoms with Gasteiger partial charge in [-0.05, 0) is 37.5 Å². The summed E-state index contributed by atoms with van der Waals surface area (Å²) in [6.07, 6.45) is -2.66. The van der Waals surface area contributed by atoms with Crippen molar-refractivity contribution in [2.75, 3.05) is 32.8 Å². The van der Waals surface area contributed by atoms with E-state index in [0.29, 0.717) is 43.8 Å². The fraction of sp³-hybridized carbons (Fsp3) is 0.500. The molecule has 1 fully saturated rings. The van der Waals surface area contributed by atoms with Gasteiger partial charge in [-0.2, -0.15) is 18.3 Å². The number of halogens is 3. The number of hydrogen-bond acceptors (Lipinski definition) is 8. The summed E-state index contributed by atoms with van der Waals surface area (Å²) in [6.45, 7) is 2.86. The maximum absolute atomic E-state index is 13.1. The number of fused-ring (bicyclic) bond motifs is 1. The number of benzene rings is 1. The number of alkyl halides is 3. The second kappa shape index (κ2) is 12.9. The fourth-order valence-corrected chi connectivity index (χ4v) is 3.71. The molecule has 2 aliphatic heterocycles. The van der Waals surface area contributed by atoms with E-state index in [1.54, 1.807) is 30.0 Å². The van der Waals surface area contributed by atoms with Crippen molar-refractivity contribution >= 4 is 30.0 Å². The topological polar surface area (TPSA) is 172 Å². The van der Waals surface area contributed by atoms with Crippen LogP contribution in [-0.4, -0.2) is 101 Å². The molecule has 1 aromatic rings. The number of carbonyl (C=O) groups is 4. The summed E-state index contributed by atoms with van der Waals surface area (Å²) in [4.78, 5) is 48.8. The van der Waals surface area contributed by atoms with Crippen molar-refractivity contribution in [3.63, 3.8) is 0 Å². The number of carbonyl (C=O) groups excluding carboxylic acids is 2. The summed E-state index contributed by atoms with van der Waals surface area (Å²) < 4.78 is 42.8. The number of hydrazone groups is 1. The molecule has 15 heteroatoms. The molecule has 2 amide bonds. The largest absolute Gasteiger partial charge is 0.491 e. The maximum Gasteiger partial charge on any atom is 0.490 e. The Kier molecular flexibility index (Phi) is 10.2. The van der Waals surface area contributed by atoms with Gasteiger partial charge in [-0.1, -0.05) is 6.07 Å². The lowest BCUT2D eigenvalue weighted by atomic mass is 10.1. The first-order valence-corrected chi connectivity index (χ1v) is 11.1. The second-order valence-corrected chi connectivity index (χ2v) is 8.09. The van der Waals surface area contributed by atoms with Gasteiger partial charge < -0.3 is 35.3 Å². The van der Waals surface area contributed by atoms with Crippen LogP contribution in [0.25, 0.3) is 0 Å². The minimum absolute atomic E-state index is 0.143. The van der Waals surface area contributed by atoms with E-state index in [9.17, 15) is 27.6 Å². The number of carboxylic acids is 2. The molecule has 1 atom stereocenters. The Bertz CT molecular complexity index is 1030. The number of nitrogens with zero attached hydrogens (tertiary/aromatic N) is 3. The van der Waals surface area contributed by atoms with Gasteiger partial charge in [0.05, 0.1) is 24.4 Å². The summed E-state index contributed by atoms with van der Waals surface area (Å²) in [5.74, 6) is 1.45. The van der Waals surface area contributed by atoms with Crippen molar-refractivity contribution in [1.29, 1.82) is 0 Å². The summed E-state index contributed by atoms with van der Waals surface area (Å²) in [6, 6.07) is 4.42. The molecule has 2 heterocycles. The molecular weight excluding hydrogens is 505 g/mol. The molecular formula is C22H27F3N4O8. The molecule has 1 saturated heterocycles. The van der Waals surface area contributed by atoms with Gasteiger partial charge in [-0.25, -0.2) is 9.59 Å². The highest BCUT2D eigenvalue weighted by molar-refractivity contribution is 6.00. The van der Waals surface area contributed by atoms with Crippen molar-refractivity contribution in [2.24, 2.45) is 10.9 Å². The van der Waals surface area contributed by atoms with Gasteiger partial charge >= 0.3 is 18.1 Å². The number of aliphatic carboxylic acids is 2. The van der Waals surface area contributed by atoms with E-state index in [1.807, 2.05) is 0 Å². The number of hydrogen-bond donors (Lipinski definition) is 3. The average Bonchev–Trinajstić information content (AvgIpc) is 3.00. The third kappa shape index (κ3) is 8.34. The smallest absolute Gasteiger partial charge is 0.490 e. The van der Waals surface area contributed by atoms with Crippen LogP contribution < -0.4 is 10.6 Å². The van der Waals surface area contributed by atoms with Crippen molar-refractivity contribution in [3.8, 4) is 5.75 Å². The third-order valence-corrected chi connectivity index (χ3v) is 5.57. The summed E-state index contributed by atoms with van der Waals surface area (Å²) in [7, 11) is 0. The maximum atomic E-state index is 13.1. The minimum Gasteiger partial charge on any atom is -0.491 e. The van der Waals surface area contributed by atoms with E-state index in [4.69, 9.17) is 30.3 Å². The highest BCUT2D eigenvalue weighted by Gasteiger charge is 2.38. The molecule has 2 aliphatic rings. The van der Waals surface area contributed by atoms with E-state index < -0.39 is 24.2 Å². The second-order valence-electron chi connectivity index (χ2n) is 8.09. The number of nitrogens with two attached hydrogens (primary N) is 1. The van der Waals surface area contributed by atoms with Crippen molar-refractivity contribution < 1.29 is 52.0 Å².